The summed E-state index contributed by atoms with van der Waals surface area (Å²) in [4.78, 5) is 10.5. The Bertz CT molecular complexity index is 544. The number of carboxylic acid groups (broad SMARTS) is 1. The maximum atomic E-state index is 10.7. The Morgan fingerprint density at radius 3 is 2.55 bits per heavy atom. The van der Waals surface area contributed by atoms with Gasteiger partial charge in [-0.05, 0) is 49.9 Å². The number of fused-ring (bicyclic) bond motifs is 2. The lowest BCUT2D eigenvalue weighted by molar-refractivity contribution is -0.137. The predicted octanol–water partition coefficient (Wildman–Crippen LogP) is 5.75. The second-order valence-electron chi connectivity index (χ2n) is 10.3. The molecule has 0 aliphatic carbocycles. The highest BCUT2D eigenvalue weighted by Crippen LogP contribution is 2.46. The molecule has 0 spiro atoms. The maximum Gasteiger partial charge on any atom is 0.303 e. The summed E-state index contributed by atoms with van der Waals surface area (Å²) < 4.78 is 12.1. The van der Waals surface area contributed by atoms with Crippen molar-refractivity contribution in [3.05, 3.63) is 12.2 Å². The molecule has 2 saturated heterocycles. The van der Waals surface area contributed by atoms with E-state index >= 15 is 0 Å². The molecule has 31 heavy (non-hydrogen) atoms. The molecule has 0 radical (unpaired) electrons. The quantitative estimate of drug-likeness (QED) is 0.223. The Morgan fingerprint density at radius 2 is 1.81 bits per heavy atom. The molecule has 0 amide bonds. The number of aliphatic hydroxyl groups excluding tert-OH is 1. The zero-order valence-electron chi connectivity index (χ0n) is 20.1. The highest BCUT2D eigenvalue weighted by molar-refractivity contribution is 5.66. The van der Waals surface area contributed by atoms with Crippen LogP contribution in [0.4, 0.5) is 0 Å². The van der Waals surface area contributed by atoms with Gasteiger partial charge in [0.1, 0.15) is 0 Å². The lowest BCUT2D eigenvalue weighted by Gasteiger charge is -2.30. The first-order valence-corrected chi connectivity index (χ1v) is 12.7. The van der Waals surface area contributed by atoms with Gasteiger partial charge < -0.3 is 19.7 Å². The summed E-state index contributed by atoms with van der Waals surface area (Å²) in [6, 6.07) is 0. The van der Waals surface area contributed by atoms with Gasteiger partial charge in [0.15, 0.2) is 0 Å². The van der Waals surface area contributed by atoms with Crippen molar-refractivity contribution in [2.75, 3.05) is 13.2 Å². The molecule has 2 rings (SSSR count). The van der Waals surface area contributed by atoms with Gasteiger partial charge in [-0.1, -0.05) is 65.0 Å². The fourth-order valence-corrected chi connectivity index (χ4v) is 5.06. The number of carboxylic acids is 1. The number of carbonyl (C=O) groups is 1. The number of aliphatic hydroxyl groups is 1. The van der Waals surface area contributed by atoms with E-state index in [9.17, 15) is 9.90 Å². The monoisotopic (exact) mass is 438 g/mol. The van der Waals surface area contributed by atoms with Gasteiger partial charge >= 0.3 is 5.97 Å². The zero-order chi connectivity index (χ0) is 22.7. The largest absolute Gasteiger partial charge is 0.481 e. The molecule has 0 aromatic heterocycles. The molecule has 2 fully saturated rings. The Morgan fingerprint density at radius 1 is 1.10 bits per heavy atom. The predicted molar refractivity (Wildman–Crippen MR) is 124 cm³/mol. The molecule has 5 heteroatoms. The van der Waals surface area contributed by atoms with Crippen LogP contribution in [0.25, 0.3) is 0 Å². The number of ether oxygens (including phenoxy) is 2. The van der Waals surface area contributed by atoms with Gasteiger partial charge in [0.05, 0.1) is 18.3 Å². The summed E-state index contributed by atoms with van der Waals surface area (Å²) in [5.41, 5.74) is -0.0861. The van der Waals surface area contributed by atoms with Gasteiger partial charge in [0.25, 0.3) is 0 Å². The van der Waals surface area contributed by atoms with Gasteiger partial charge in [-0.2, -0.15) is 0 Å². The molecule has 180 valence electrons. The second kappa shape index (κ2) is 13.6. The van der Waals surface area contributed by atoms with Crippen LogP contribution >= 0.6 is 0 Å². The van der Waals surface area contributed by atoms with Crippen LogP contribution in [0.3, 0.4) is 0 Å². The van der Waals surface area contributed by atoms with Crippen LogP contribution in [0, 0.1) is 17.3 Å². The number of hydrogen-bond donors (Lipinski definition) is 2. The minimum absolute atomic E-state index is 0.0861. The Balaban J connectivity index is 1.66. The van der Waals surface area contributed by atoms with Crippen molar-refractivity contribution in [2.45, 2.75) is 116 Å². The zero-order valence-corrected chi connectivity index (χ0v) is 20.1. The second-order valence-corrected chi connectivity index (χ2v) is 10.3. The van der Waals surface area contributed by atoms with Crippen molar-refractivity contribution in [1.82, 2.24) is 0 Å². The van der Waals surface area contributed by atoms with E-state index in [1.165, 1.54) is 0 Å². The molecule has 2 aliphatic rings. The first kappa shape index (κ1) is 26.3. The highest BCUT2D eigenvalue weighted by Gasteiger charge is 2.47. The number of unbranched alkanes of at least 4 members (excludes halogenated alkanes) is 5. The molecule has 1 unspecified atom stereocenters. The van der Waals surface area contributed by atoms with Gasteiger partial charge in [-0.3, -0.25) is 4.79 Å². The van der Waals surface area contributed by atoms with Crippen LogP contribution in [0.5, 0.6) is 0 Å². The van der Waals surface area contributed by atoms with Crippen molar-refractivity contribution in [3.63, 3.8) is 0 Å². The van der Waals surface area contributed by atoms with Gasteiger partial charge in [0, 0.05) is 25.6 Å². The Labute approximate surface area is 189 Å². The SMILES string of the molecule is CCCCC(C)(C)C(O)/C=C/[C@H]1[C@@H](CCOCCCCCCCC(=O)O)[C@H]2CC[C@@H]1O2. The number of hydrogen-bond acceptors (Lipinski definition) is 4. The summed E-state index contributed by atoms with van der Waals surface area (Å²) in [6.07, 6.45) is 16.5. The highest BCUT2D eigenvalue weighted by atomic mass is 16.5. The minimum Gasteiger partial charge on any atom is -0.481 e. The molecule has 0 aromatic carbocycles. The molecule has 2 heterocycles. The fraction of sp³-hybridized carbons (Fsp3) is 0.885. The number of rotatable bonds is 17. The first-order chi connectivity index (χ1) is 14.8. The third kappa shape index (κ3) is 8.86. The van der Waals surface area contributed by atoms with E-state index < -0.39 is 12.1 Å². The van der Waals surface area contributed by atoms with Crippen molar-refractivity contribution < 1.29 is 24.5 Å². The topological polar surface area (TPSA) is 76.0 Å². The molecule has 5 nitrogen and oxygen atoms in total. The van der Waals surface area contributed by atoms with E-state index in [-0.39, 0.29) is 11.8 Å². The lowest BCUT2D eigenvalue weighted by Crippen LogP contribution is -2.30. The van der Waals surface area contributed by atoms with Crippen LogP contribution in [-0.4, -0.2) is 47.7 Å². The van der Waals surface area contributed by atoms with Crippen LogP contribution in [0.15, 0.2) is 12.2 Å². The summed E-state index contributed by atoms with van der Waals surface area (Å²) in [6.45, 7) is 8.07. The van der Waals surface area contributed by atoms with Gasteiger partial charge in [0.2, 0.25) is 0 Å². The molecular formula is C26H46O5. The van der Waals surface area contributed by atoms with Gasteiger partial charge in [-0.25, -0.2) is 0 Å². The normalized spacial score (nSPS) is 26.7. The molecule has 2 bridgehead atoms. The van der Waals surface area contributed by atoms with E-state index in [1.54, 1.807) is 0 Å². The van der Waals surface area contributed by atoms with E-state index in [4.69, 9.17) is 14.6 Å². The van der Waals surface area contributed by atoms with Crippen molar-refractivity contribution >= 4 is 5.97 Å². The van der Waals surface area contributed by atoms with E-state index in [1.807, 2.05) is 6.08 Å². The standard InChI is InChI=1S/C26H46O5/c1-4-5-17-26(2,3)24(27)15-12-20-21(23-14-13-22(20)31-23)16-19-30-18-10-8-6-7-9-11-25(28)29/h12,15,20-24,27H,4-11,13-14,16-19H2,1-3H3,(H,28,29)/b15-12+/t20-,21+,22-,23+,24?/m0/s1. The van der Waals surface area contributed by atoms with Crippen LogP contribution in [0.2, 0.25) is 0 Å². The maximum absolute atomic E-state index is 10.7. The van der Waals surface area contributed by atoms with Gasteiger partial charge in [-0.15, -0.1) is 0 Å². The molecular weight excluding hydrogens is 392 g/mol. The first-order valence-electron chi connectivity index (χ1n) is 12.7. The average Bonchev–Trinajstić information content (AvgIpc) is 3.33. The summed E-state index contributed by atoms with van der Waals surface area (Å²) in [5.74, 6) is 0.195. The number of aliphatic carboxylic acids is 1. The van der Waals surface area contributed by atoms with Crippen LogP contribution < -0.4 is 0 Å². The summed E-state index contributed by atoms with van der Waals surface area (Å²) >= 11 is 0. The molecule has 5 atom stereocenters. The summed E-state index contributed by atoms with van der Waals surface area (Å²) in [5, 5.41) is 19.4. The van der Waals surface area contributed by atoms with Crippen molar-refractivity contribution in [3.8, 4) is 0 Å². The molecule has 2 aliphatic heterocycles. The minimum atomic E-state index is -0.698. The van der Waals surface area contributed by atoms with Crippen molar-refractivity contribution in [1.29, 1.82) is 0 Å². The Kier molecular flexibility index (Phi) is 11.6. The van der Waals surface area contributed by atoms with E-state index in [0.717, 1.165) is 83.8 Å². The fourth-order valence-electron chi connectivity index (χ4n) is 5.06. The Hall–Kier alpha value is -0.910. The third-order valence-electron chi connectivity index (χ3n) is 7.25. The van der Waals surface area contributed by atoms with Crippen LogP contribution in [0.1, 0.15) is 97.8 Å². The van der Waals surface area contributed by atoms with Crippen LogP contribution in [-0.2, 0) is 14.3 Å². The molecule has 2 N–H and O–H groups in total. The smallest absolute Gasteiger partial charge is 0.303 e. The molecule has 0 aromatic rings. The van der Waals surface area contributed by atoms with E-state index in [0.29, 0.717) is 24.0 Å². The van der Waals surface area contributed by atoms with E-state index in [2.05, 4.69) is 26.8 Å². The lowest BCUT2D eigenvalue weighted by atomic mass is 9.76. The average molecular weight is 439 g/mol. The summed E-state index contributed by atoms with van der Waals surface area (Å²) in [7, 11) is 0. The molecule has 0 saturated carbocycles. The third-order valence-corrected chi connectivity index (χ3v) is 7.25. The van der Waals surface area contributed by atoms with Crippen molar-refractivity contribution in [2.24, 2.45) is 17.3 Å².